The van der Waals surface area contributed by atoms with Crippen LogP contribution in [-0.4, -0.2) is 18.4 Å². The summed E-state index contributed by atoms with van der Waals surface area (Å²) in [6.45, 7) is 2.46. The van der Waals surface area contributed by atoms with Gasteiger partial charge in [-0.3, -0.25) is 14.5 Å². The summed E-state index contributed by atoms with van der Waals surface area (Å²) in [5.41, 5.74) is 5.46. The van der Waals surface area contributed by atoms with Gasteiger partial charge in [0.15, 0.2) is 6.61 Å². The Morgan fingerprint density at radius 2 is 1.37 bits per heavy atom. The van der Waals surface area contributed by atoms with E-state index in [-0.39, 0.29) is 24.5 Å². The van der Waals surface area contributed by atoms with Crippen molar-refractivity contribution in [2.45, 2.75) is 25.7 Å². The first-order chi connectivity index (χ1) is 21.1. The Hall–Kier alpha value is -5.36. The molecule has 0 bridgehead atoms. The second-order valence-corrected chi connectivity index (χ2v) is 10.6. The predicted octanol–water partition coefficient (Wildman–Crippen LogP) is 7.31. The van der Waals surface area contributed by atoms with E-state index in [2.05, 4.69) is 22.3 Å². The van der Waals surface area contributed by atoms with Crippen LogP contribution < -0.4 is 19.9 Å². The highest BCUT2D eigenvalue weighted by molar-refractivity contribution is 6.12. The van der Waals surface area contributed by atoms with Gasteiger partial charge in [0.2, 0.25) is 0 Å². The number of rotatable bonds is 9. The number of amides is 2. The molecule has 2 atom stereocenters. The second-order valence-electron chi connectivity index (χ2n) is 10.6. The fraction of sp³-hybridized carbons (Fsp3) is 0.135. The molecular formula is C37H33N3O3. The highest BCUT2D eigenvalue weighted by Gasteiger charge is 2.39. The van der Waals surface area contributed by atoms with Gasteiger partial charge in [0.25, 0.3) is 11.8 Å². The maximum atomic E-state index is 14.1. The third-order valence-corrected chi connectivity index (χ3v) is 7.66. The molecular weight excluding hydrogens is 534 g/mol. The van der Waals surface area contributed by atoms with Crippen LogP contribution >= 0.6 is 0 Å². The molecule has 0 aromatic heterocycles. The van der Waals surface area contributed by atoms with Crippen LogP contribution in [0.4, 0.5) is 11.4 Å². The minimum Gasteiger partial charge on any atom is -0.484 e. The number of carbonyl (C=O) groups excluding carboxylic acids is 2. The Morgan fingerprint density at radius 3 is 2.07 bits per heavy atom. The topological polar surface area (TPSA) is 61.9 Å². The molecule has 0 radical (unpaired) electrons. The minimum atomic E-state index is -0.408. The Labute approximate surface area is 252 Å². The van der Waals surface area contributed by atoms with Crippen molar-refractivity contribution in [3.05, 3.63) is 162 Å². The summed E-state index contributed by atoms with van der Waals surface area (Å²) in [5, 5.41) is 2.98. The van der Waals surface area contributed by atoms with Crippen LogP contribution in [0.25, 0.3) is 0 Å². The molecule has 6 heteroatoms. The van der Waals surface area contributed by atoms with Crippen molar-refractivity contribution < 1.29 is 14.3 Å². The first-order valence-electron chi connectivity index (χ1n) is 14.4. The van der Waals surface area contributed by atoms with Gasteiger partial charge in [-0.2, -0.15) is 0 Å². The third kappa shape index (κ3) is 6.14. The Balaban J connectivity index is 1.28. The molecule has 6 rings (SSSR count). The summed E-state index contributed by atoms with van der Waals surface area (Å²) in [6, 6.07) is 45.2. The van der Waals surface area contributed by atoms with Crippen LogP contribution in [0.2, 0.25) is 0 Å². The number of nitrogens with zero attached hydrogens (tertiary/aromatic N) is 2. The van der Waals surface area contributed by atoms with E-state index in [0.717, 1.165) is 28.1 Å². The zero-order chi connectivity index (χ0) is 29.6. The standard InChI is InChI=1S/C37H33N3O3/c1-27(29-15-7-3-8-16-29)38-35(41)26-43-32-23-21-30(22-24-32)36-39(25-28-13-5-2-6-14-28)34-20-12-11-19-33(34)37(42)40(36)31-17-9-4-10-18-31/h2-24,27,36H,25-26H2,1H3,(H,38,41)/t27-,36+/m0/s1. The molecule has 0 spiro atoms. The van der Waals surface area contributed by atoms with Crippen molar-refractivity contribution in [2.75, 3.05) is 16.4 Å². The molecule has 0 aliphatic carbocycles. The summed E-state index contributed by atoms with van der Waals surface area (Å²) in [7, 11) is 0. The lowest BCUT2D eigenvalue weighted by molar-refractivity contribution is -0.123. The summed E-state index contributed by atoms with van der Waals surface area (Å²) >= 11 is 0. The van der Waals surface area contributed by atoms with E-state index in [1.165, 1.54) is 0 Å². The molecule has 5 aromatic rings. The van der Waals surface area contributed by atoms with E-state index >= 15 is 0 Å². The lowest BCUT2D eigenvalue weighted by atomic mass is 9.99. The van der Waals surface area contributed by atoms with Crippen molar-refractivity contribution >= 4 is 23.2 Å². The van der Waals surface area contributed by atoms with E-state index in [0.29, 0.717) is 17.9 Å². The second kappa shape index (κ2) is 12.7. The van der Waals surface area contributed by atoms with E-state index in [9.17, 15) is 9.59 Å². The SMILES string of the molecule is C[C@H](NC(=O)COc1ccc([C@@H]2N(Cc3ccccc3)c3ccccc3C(=O)N2c2ccccc2)cc1)c1ccccc1. The maximum absolute atomic E-state index is 14.1. The molecule has 5 aromatic carbocycles. The Morgan fingerprint density at radius 1 is 0.767 bits per heavy atom. The smallest absolute Gasteiger partial charge is 0.262 e. The average molecular weight is 568 g/mol. The van der Waals surface area contributed by atoms with Gasteiger partial charge < -0.3 is 15.0 Å². The van der Waals surface area contributed by atoms with Gasteiger partial charge in [0.1, 0.15) is 11.9 Å². The molecule has 0 fully saturated rings. The highest BCUT2D eigenvalue weighted by Crippen LogP contribution is 2.42. The van der Waals surface area contributed by atoms with Gasteiger partial charge in [-0.15, -0.1) is 0 Å². The third-order valence-electron chi connectivity index (χ3n) is 7.66. The predicted molar refractivity (Wildman–Crippen MR) is 170 cm³/mol. The van der Waals surface area contributed by atoms with Crippen LogP contribution in [0.1, 0.15) is 46.2 Å². The summed E-state index contributed by atoms with van der Waals surface area (Å²) in [4.78, 5) is 30.8. The number of hydrogen-bond acceptors (Lipinski definition) is 4. The fourth-order valence-electron chi connectivity index (χ4n) is 5.54. The number of carbonyl (C=O) groups is 2. The first-order valence-corrected chi connectivity index (χ1v) is 14.4. The molecule has 1 N–H and O–H groups in total. The van der Waals surface area contributed by atoms with Crippen molar-refractivity contribution in [3.63, 3.8) is 0 Å². The van der Waals surface area contributed by atoms with Crippen LogP contribution in [0, 0.1) is 0 Å². The molecule has 1 aliphatic heterocycles. The van der Waals surface area contributed by atoms with Crippen molar-refractivity contribution in [3.8, 4) is 5.75 Å². The van der Waals surface area contributed by atoms with Gasteiger partial charge in [0, 0.05) is 12.2 Å². The quantitative estimate of drug-likeness (QED) is 0.203. The summed E-state index contributed by atoms with van der Waals surface area (Å²) in [5.74, 6) is 0.328. The number of hydrogen-bond donors (Lipinski definition) is 1. The van der Waals surface area contributed by atoms with E-state index in [1.807, 2.05) is 139 Å². The largest absolute Gasteiger partial charge is 0.484 e. The molecule has 0 saturated heterocycles. The fourth-order valence-corrected chi connectivity index (χ4v) is 5.54. The van der Waals surface area contributed by atoms with Crippen LogP contribution in [0.5, 0.6) is 5.75 Å². The number of anilines is 2. The Bertz CT molecular complexity index is 1680. The van der Waals surface area contributed by atoms with E-state index in [4.69, 9.17) is 4.74 Å². The normalized spacial score (nSPS) is 15.0. The van der Waals surface area contributed by atoms with Gasteiger partial charge in [-0.25, -0.2) is 0 Å². The number of fused-ring (bicyclic) bond motifs is 1. The highest BCUT2D eigenvalue weighted by atomic mass is 16.5. The van der Waals surface area contributed by atoms with Crippen LogP contribution in [-0.2, 0) is 11.3 Å². The molecule has 0 unspecified atom stereocenters. The van der Waals surface area contributed by atoms with Gasteiger partial charge in [0.05, 0.1) is 17.3 Å². The van der Waals surface area contributed by atoms with Crippen LogP contribution in [0.15, 0.2) is 140 Å². The molecule has 2 amide bonds. The monoisotopic (exact) mass is 567 g/mol. The van der Waals surface area contributed by atoms with E-state index < -0.39 is 6.17 Å². The first kappa shape index (κ1) is 27.8. The molecule has 1 aliphatic rings. The molecule has 214 valence electrons. The molecule has 43 heavy (non-hydrogen) atoms. The summed E-state index contributed by atoms with van der Waals surface area (Å²) < 4.78 is 5.85. The summed E-state index contributed by atoms with van der Waals surface area (Å²) in [6.07, 6.45) is -0.408. The van der Waals surface area contributed by atoms with Gasteiger partial charge >= 0.3 is 0 Å². The number of nitrogens with one attached hydrogen (secondary N) is 1. The average Bonchev–Trinajstić information content (AvgIpc) is 3.06. The van der Waals surface area contributed by atoms with Gasteiger partial charge in [-0.1, -0.05) is 103 Å². The van der Waals surface area contributed by atoms with Crippen molar-refractivity contribution in [1.82, 2.24) is 5.32 Å². The van der Waals surface area contributed by atoms with E-state index in [1.54, 1.807) is 0 Å². The van der Waals surface area contributed by atoms with Gasteiger partial charge in [-0.05, 0) is 60.0 Å². The number of ether oxygens (including phenoxy) is 1. The van der Waals surface area contributed by atoms with Crippen molar-refractivity contribution in [2.24, 2.45) is 0 Å². The molecule has 6 nitrogen and oxygen atoms in total. The number of para-hydroxylation sites is 2. The lowest BCUT2D eigenvalue weighted by Gasteiger charge is -2.46. The minimum absolute atomic E-state index is 0.0550. The zero-order valence-electron chi connectivity index (χ0n) is 24.0. The Kier molecular flexibility index (Phi) is 8.18. The lowest BCUT2D eigenvalue weighted by Crippen LogP contribution is -2.49. The van der Waals surface area contributed by atoms with Crippen LogP contribution in [0.3, 0.4) is 0 Å². The molecule has 1 heterocycles. The zero-order valence-corrected chi connectivity index (χ0v) is 24.0. The maximum Gasteiger partial charge on any atom is 0.262 e. The number of benzene rings is 5. The van der Waals surface area contributed by atoms with Crippen molar-refractivity contribution in [1.29, 1.82) is 0 Å². The molecule has 0 saturated carbocycles.